The van der Waals surface area contributed by atoms with Crippen LogP contribution in [0.25, 0.3) is 33.7 Å². The SMILES string of the molecule is COc1ccccc1-c1nnc(-c2cc3ccccc3cc2OC)o1. The summed E-state index contributed by atoms with van der Waals surface area (Å²) in [5.41, 5.74) is 1.51. The Balaban J connectivity index is 1.83. The van der Waals surface area contributed by atoms with Crippen molar-refractivity contribution < 1.29 is 13.9 Å². The van der Waals surface area contributed by atoms with Gasteiger partial charge in [-0.2, -0.15) is 0 Å². The first-order chi connectivity index (χ1) is 12.3. The number of nitrogens with zero attached hydrogens (tertiary/aromatic N) is 2. The highest BCUT2D eigenvalue weighted by atomic mass is 16.5. The zero-order valence-corrected chi connectivity index (χ0v) is 13.9. The number of methoxy groups -OCH3 is 2. The van der Waals surface area contributed by atoms with Crippen LogP contribution in [-0.4, -0.2) is 24.4 Å². The van der Waals surface area contributed by atoms with Gasteiger partial charge in [-0.3, -0.25) is 0 Å². The summed E-state index contributed by atoms with van der Waals surface area (Å²) in [4.78, 5) is 0. The summed E-state index contributed by atoms with van der Waals surface area (Å²) in [7, 11) is 3.24. The van der Waals surface area contributed by atoms with Gasteiger partial charge in [0.05, 0.1) is 25.3 Å². The van der Waals surface area contributed by atoms with Crippen LogP contribution < -0.4 is 9.47 Å². The van der Waals surface area contributed by atoms with Gasteiger partial charge >= 0.3 is 0 Å². The minimum Gasteiger partial charge on any atom is -0.496 e. The molecule has 0 amide bonds. The van der Waals surface area contributed by atoms with Crippen molar-refractivity contribution in [2.75, 3.05) is 14.2 Å². The van der Waals surface area contributed by atoms with Crippen LogP contribution in [0, 0.1) is 0 Å². The number of ether oxygens (including phenoxy) is 2. The van der Waals surface area contributed by atoms with E-state index in [9.17, 15) is 0 Å². The predicted molar refractivity (Wildman–Crippen MR) is 95.8 cm³/mol. The molecule has 0 aliphatic heterocycles. The van der Waals surface area contributed by atoms with Crippen molar-refractivity contribution in [3.05, 3.63) is 60.7 Å². The number of hydrogen-bond donors (Lipinski definition) is 0. The number of fused-ring (bicyclic) bond motifs is 1. The van der Waals surface area contributed by atoms with Gasteiger partial charge in [-0.15, -0.1) is 10.2 Å². The molecule has 0 spiro atoms. The van der Waals surface area contributed by atoms with Crippen LogP contribution in [0.3, 0.4) is 0 Å². The lowest BCUT2D eigenvalue weighted by atomic mass is 10.1. The van der Waals surface area contributed by atoms with Gasteiger partial charge in [0.1, 0.15) is 11.5 Å². The molecule has 25 heavy (non-hydrogen) atoms. The monoisotopic (exact) mass is 332 g/mol. The van der Waals surface area contributed by atoms with Crippen molar-refractivity contribution in [1.82, 2.24) is 10.2 Å². The molecule has 3 aromatic carbocycles. The Labute approximate surface area is 144 Å². The van der Waals surface area contributed by atoms with E-state index in [0.29, 0.717) is 23.3 Å². The van der Waals surface area contributed by atoms with Crippen LogP contribution in [0.5, 0.6) is 11.5 Å². The fourth-order valence-electron chi connectivity index (χ4n) is 2.82. The first kappa shape index (κ1) is 15.2. The summed E-state index contributed by atoms with van der Waals surface area (Å²) in [5, 5.41) is 10.5. The highest BCUT2D eigenvalue weighted by Gasteiger charge is 2.17. The molecule has 0 radical (unpaired) electrons. The molecule has 124 valence electrons. The first-order valence-electron chi connectivity index (χ1n) is 7.84. The highest BCUT2D eigenvalue weighted by Crippen LogP contribution is 2.36. The molecule has 0 bridgehead atoms. The topological polar surface area (TPSA) is 57.4 Å². The molecule has 0 N–H and O–H groups in total. The smallest absolute Gasteiger partial charge is 0.251 e. The maximum absolute atomic E-state index is 5.91. The van der Waals surface area contributed by atoms with E-state index in [2.05, 4.69) is 10.2 Å². The lowest BCUT2D eigenvalue weighted by molar-refractivity contribution is 0.413. The number of aromatic nitrogens is 2. The van der Waals surface area contributed by atoms with Gasteiger partial charge in [0.15, 0.2) is 0 Å². The van der Waals surface area contributed by atoms with E-state index in [0.717, 1.165) is 21.9 Å². The second-order valence-corrected chi connectivity index (χ2v) is 5.51. The van der Waals surface area contributed by atoms with Gasteiger partial charge in [-0.05, 0) is 35.0 Å². The molecular weight excluding hydrogens is 316 g/mol. The number of rotatable bonds is 4. The van der Waals surface area contributed by atoms with Gasteiger partial charge in [0, 0.05) is 0 Å². The second-order valence-electron chi connectivity index (χ2n) is 5.51. The third kappa shape index (κ3) is 2.70. The second kappa shape index (κ2) is 6.28. The maximum atomic E-state index is 5.91. The number of benzene rings is 3. The van der Waals surface area contributed by atoms with Gasteiger partial charge in [-0.1, -0.05) is 36.4 Å². The summed E-state index contributed by atoms with van der Waals surface area (Å²) in [6, 6.07) is 19.6. The van der Waals surface area contributed by atoms with E-state index >= 15 is 0 Å². The molecule has 1 aromatic heterocycles. The molecule has 0 unspecified atom stereocenters. The molecule has 0 aliphatic carbocycles. The molecule has 4 rings (SSSR count). The fraction of sp³-hybridized carbons (Fsp3) is 0.100. The lowest BCUT2D eigenvalue weighted by Gasteiger charge is -2.07. The zero-order chi connectivity index (χ0) is 17.2. The van der Waals surface area contributed by atoms with Crippen molar-refractivity contribution in [2.24, 2.45) is 0 Å². The average molecular weight is 332 g/mol. The van der Waals surface area contributed by atoms with Gasteiger partial charge in [0.25, 0.3) is 11.8 Å². The molecule has 1 heterocycles. The normalized spacial score (nSPS) is 10.8. The summed E-state index contributed by atoms with van der Waals surface area (Å²) in [5.74, 6) is 2.18. The lowest BCUT2D eigenvalue weighted by Crippen LogP contribution is -1.89. The molecule has 4 aromatic rings. The minimum absolute atomic E-state index is 0.405. The minimum atomic E-state index is 0.405. The Bertz CT molecular complexity index is 1040. The van der Waals surface area contributed by atoms with Crippen molar-refractivity contribution in [3.8, 4) is 34.4 Å². The van der Waals surface area contributed by atoms with Gasteiger partial charge in [0.2, 0.25) is 0 Å². The maximum Gasteiger partial charge on any atom is 0.251 e. The third-order valence-electron chi connectivity index (χ3n) is 4.06. The molecule has 0 saturated carbocycles. The number of hydrogen-bond acceptors (Lipinski definition) is 5. The summed E-state index contributed by atoms with van der Waals surface area (Å²) < 4.78 is 16.8. The first-order valence-corrected chi connectivity index (χ1v) is 7.84. The molecule has 0 atom stereocenters. The third-order valence-corrected chi connectivity index (χ3v) is 4.06. The Morgan fingerprint density at radius 2 is 1.28 bits per heavy atom. The van der Waals surface area contributed by atoms with Crippen molar-refractivity contribution in [2.45, 2.75) is 0 Å². The van der Waals surface area contributed by atoms with Crippen LogP contribution in [0.1, 0.15) is 0 Å². The predicted octanol–water partition coefficient (Wildman–Crippen LogP) is 4.57. The van der Waals surface area contributed by atoms with E-state index in [4.69, 9.17) is 13.9 Å². The molecule has 5 heteroatoms. The van der Waals surface area contributed by atoms with Crippen LogP contribution in [0.2, 0.25) is 0 Å². The Morgan fingerprint density at radius 3 is 2.00 bits per heavy atom. The van der Waals surface area contributed by atoms with E-state index < -0.39 is 0 Å². The van der Waals surface area contributed by atoms with Crippen LogP contribution >= 0.6 is 0 Å². The number of para-hydroxylation sites is 1. The van der Waals surface area contributed by atoms with E-state index in [1.165, 1.54) is 0 Å². The van der Waals surface area contributed by atoms with Crippen LogP contribution in [0.4, 0.5) is 0 Å². The fourth-order valence-corrected chi connectivity index (χ4v) is 2.82. The van der Waals surface area contributed by atoms with E-state index in [1.807, 2.05) is 60.7 Å². The molecule has 0 aliphatic rings. The molecule has 5 nitrogen and oxygen atoms in total. The summed E-state index contributed by atoms with van der Waals surface area (Å²) in [6.07, 6.45) is 0. The Morgan fingerprint density at radius 1 is 0.680 bits per heavy atom. The summed E-state index contributed by atoms with van der Waals surface area (Å²) >= 11 is 0. The average Bonchev–Trinajstić information content (AvgIpc) is 3.16. The highest BCUT2D eigenvalue weighted by molar-refractivity contribution is 5.89. The van der Waals surface area contributed by atoms with Crippen LogP contribution in [-0.2, 0) is 0 Å². The molecule has 0 fully saturated rings. The molecular formula is C20H16N2O3. The van der Waals surface area contributed by atoms with Gasteiger partial charge < -0.3 is 13.9 Å². The summed E-state index contributed by atoms with van der Waals surface area (Å²) in [6.45, 7) is 0. The van der Waals surface area contributed by atoms with E-state index in [-0.39, 0.29) is 0 Å². The van der Waals surface area contributed by atoms with Crippen LogP contribution in [0.15, 0.2) is 65.1 Å². The van der Waals surface area contributed by atoms with Crippen molar-refractivity contribution in [3.63, 3.8) is 0 Å². The zero-order valence-electron chi connectivity index (χ0n) is 13.9. The Kier molecular flexibility index (Phi) is 3.82. The Hall–Kier alpha value is -3.34. The largest absolute Gasteiger partial charge is 0.496 e. The standard InChI is InChI=1S/C20H16N2O3/c1-23-17-10-6-5-9-15(17)19-21-22-20(25-19)16-11-13-7-3-4-8-14(13)12-18(16)24-2/h3-12H,1-2H3. The van der Waals surface area contributed by atoms with E-state index in [1.54, 1.807) is 14.2 Å². The quantitative estimate of drug-likeness (QED) is 0.548. The molecule has 0 saturated heterocycles. The van der Waals surface area contributed by atoms with Gasteiger partial charge in [-0.25, -0.2) is 0 Å². The van der Waals surface area contributed by atoms with Crippen molar-refractivity contribution in [1.29, 1.82) is 0 Å². The van der Waals surface area contributed by atoms with Crippen molar-refractivity contribution >= 4 is 10.8 Å².